The molecule has 21 heavy (non-hydrogen) atoms. The van der Waals surface area contributed by atoms with Gasteiger partial charge in [-0.2, -0.15) is 0 Å². The summed E-state index contributed by atoms with van der Waals surface area (Å²) in [6.45, 7) is 4.37. The summed E-state index contributed by atoms with van der Waals surface area (Å²) in [6.07, 6.45) is 2.26. The molecule has 110 valence electrons. The predicted octanol–water partition coefficient (Wildman–Crippen LogP) is 3.40. The molecule has 1 N–H and O–H groups in total. The number of nitrogens with zero attached hydrogens (tertiary/aromatic N) is 1. The number of fused-ring (bicyclic) bond motifs is 1. The van der Waals surface area contributed by atoms with Crippen LogP contribution in [0.25, 0.3) is 0 Å². The van der Waals surface area contributed by atoms with Gasteiger partial charge in [-0.1, -0.05) is 42.5 Å². The van der Waals surface area contributed by atoms with E-state index in [2.05, 4.69) is 65.7 Å². The maximum absolute atomic E-state index is 3.25. The lowest BCUT2D eigenvalue weighted by atomic mass is 10.0. The van der Waals surface area contributed by atoms with Crippen molar-refractivity contribution in [3.8, 4) is 0 Å². The summed E-state index contributed by atoms with van der Waals surface area (Å²) in [5.41, 5.74) is 5.81. The van der Waals surface area contributed by atoms with Crippen LogP contribution in [0.15, 0.2) is 48.5 Å². The van der Waals surface area contributed by atoms with Gasteiger partial charge in [0.1, 0.15) is 0 Å². The molecule has 0 aromatic heterocycles. The first kappa shape index (κ1) is 14.2. The van der Waals surface area contributed by atoms with Gasteiger partial charge in [0, 0.05) is 18.3 Å². The molecule has 2 aromatic carbocycles. The van der Waals surface area contributed by atoms with E-state index < -0.39 is 0 Å². The maximum atomic E-state index is 3.25. The lowest BCUT2D eigenvalue weighted by Gasteiger charge is -2.26. The monoisotopic (exact) mass is 280 g/mol. The number of benzene rings is 2. The molecule has 2 aromatic rings. The van der Waals surface area contributed by atoms with Crippen LogP contribution in [0.2, 0.25) is 0 Å². The topological polar surface area (TPSA) is 15.3 Å². The first-order valence-corrected chi connectivity index (χ1v) is 7.85. The average Bonchev–Trinajstić information content (AvgIpc) is 2.82. The smallest absolute Gasteiger partial charge is 0.0435 e. The molecule has 1 aliphatic heterocycles. The molecule has 0 radical (unpaired) electrons. The van der Waals surface area contributed by atoms with Gasteiger partial charge in [0.15, 0.2) is 0 Å². The van der Waals surface area contributed by atoms with Gasteiger partial charge in [0.25, 0.3) is 0 Å². The van der Waals surface area contributed by atoms with E-state index in [4.69, 9.17) is 0 Å². The summed E-state index contributed by atoms with van der Waals surface area (Å²) in [5.74, 6) is 0. The fourth-order valence-electron chi connectivity index (χ4n) is 3.27. The Morgan fingerprint density at radius 2 is 1.76 bits per heavy atom. The second kappa shape index (κ2) is 6.31. The Kier molecular flexibility index (Phi) is 4.26. The molecule has 1 heterocycles. The van der Waals surface area contributed by atoms with Crippen LogP contribution in [-0.2, 0) is 19.4 Å². The summed E-state index contributed by atoms with van der Waals surface area (Å²) in [7, 11) is 2.02. The number of anilines is 1. The van der Waals surface area contributed by atoms with Gasteiger partial charge >= 0.3 is 0 Å². The van der Waals surface area contributed by atoms with Gasteiger partial charge in [-0.05, 0) is 56.1 Å². The number of para-hydroxylation sites is 1. The second-order valence-corrected chi connectivity index (χ2v) is 5.93. The lowest BCUT2D eigenvalue weighted by molar-refractivity contribution is 0.667. The van der Waals surface area contributed by atoms with Crippen LogP contribution in [0.3, 0.4) is 0 Å². The number of likely N-dealkylation sites (N-methyl/N-ethyl adjacent to an activating group) is 1. The van der Waals surface area contributed by atoms with Crippen molar-refractivity contribution in [3.63, 3.8) is 0 Å². The van der Waals surface area contributed by atoms with Crippen molar-refractivity contribution in [1.29, 1.82) is 0 Å². The summed E-state index contributed by atoms with van der Waals surface area (Å²) >= 11 is 0. The summed E-state index contributed by atoms with van der Waals surface area (Å²) in [4.78, 5) is 2.55. The Balaban J connectivity index is 1.84. The third kappa shape index (κ3) is 2.96. The average molecular weight is 280 g/mol. The zero-order valence-electron chi connectivity index (χ0n) is 13.0. The highest BCUT2D eigenvalue weighted by molar-refractivity contribution is 5.59. The molecular formula is C19H24N2. The molecule has 1 atom stereocenters. The molecule has 2 nitrogen and oxygen atoms in total. The summed E-state index contributed by atoms with van der Waals surface area (Å²) in [6, 6.07) is 18.2. The SMILES string of the molecule is CNCCc1ccccc1CN1c2ccccc2CC1C. The van der Waals surface area contributed by atoms with Gasteiger partial charge < -0.3 is 10.2 Å². The van der Waals surface area contributed by atoms with Crippen LogP contribution in [0, 0.1) is 0 Å². The summed E-state index contributed by atoms with van der Waals surface area (Å²) in [5, 5.41) is 3.25. The molecule has 3 rings (SSSR count). The van der Waals surface area contributed by atoms with Crippen LogP contribution in [0.4, 0.5) is 5.69 Å². The molecule has 0 amide bonds. The van der Waals surface area contributed by atoms with Gasteiger partial charge in [-0.3, -0.25) is 0 Å². The van der Waals surface area contributed by atoms with Crippen molar-refractivity contribution in [2.45, 2.75) is 32.4 Å². The molecule has 1 aliphatic rings. The van der Waals surface area contributed by atoms with E-state index in [1.165, 1.54) is 22.4 Å². The van der Waals surface area contributed by atoms with Gasteiger partial charge in [-0.15, -0.1) is 0 Å². The van der Waals surface area contributed by atoms with Crippen molar-refractivity contribution in [2.24, 2.45) is 0 Å². The zero-order chi connectivity index (χ0) is 14.7. The van der Waals surface area contributed by atoms with Crippen LogP contribution in [0.5, 0.6) is 0 Å². The highest BCUT2D eigenvalue weighted by atomic mass is 15.2. The minimum absolute atomic E-state index is 0.583. The van der Waals surface area contributed by atoms with Crippen LogP contribution in [-0.4, -0.2) is 19.6 Å². The molecule has 0 fully saturated rings. The van der Waals surface area contributed by atoms with Gasteiger partial charge in [-0.25, -0.2) is 0 Å². The molecule has 0 aliphatic carbocycles. The standard InChI is InChI=1S/C19H24N2/c1-15-13-17-8-5-6-10-19(17)21(15)14-18-9-4-3-7-16(18)11-12-20-2/h3-10,15,20H,11-14H2,1-2H3. The minimum Gasteiger partial charge on any atom is -0.364 e. The Hall–Kier alpha value is -1.80. The normalized spacial score (nSPS) is 17.0. The Labute approximate surface area is 127 Å². The Bertz CT molecular complexity index is 606. The number of hydrogen-bond donors (Lipinski definition) is 1. The van der Waals surface area contributed by atoms with E-state index in [1.54, 1.807) is 0 Å². The van der Waals surface area contributed by atoms with Gasteiger partial charge in [0.2, 0.25) is 0 Å². The highest BCUT2D eigenvalue weighted by Gasteiger charge is 2.25. The molecule has 1 unspecified atom stereocenters. The molecule has 0 saturated heterocycles. The summed E-state index contributed by atoms with van der Waals surface area (Å²) < 4.78 is 0. The zero-order valence-corrected chi connectivity index (χ0v) is 13.0. The Morgan fingerprint density at radius 1 is 1.05 bits per heavy atom. The van der Waals surface area contributed by atoms with Crippen LogP contribution >= 0.6 is 0 Å². The van der Waals surface area contributed by atoms with Crippen molar-refractivity contribution in [2.75, 3.05) is 18.5 Å². The van der Waals surface area contributed by atoms with Gasteiger partial charge in [0.05, 0.1) is 0 Å². The number of nitrogens with one attached hydrogen (secondary N) is 1. The van der Waals surface area contributed by atoms with E-state index >= 15 is 0 Å². The van der Waals surface area contributed by atoms with E-state index in [0.717, 1.165) is 25.9 Å². The van der Waals surface area contributed by atoms with Crippen molar-refractivity contribution in [1.82, 2.24) is 5.32 Å². The van der Waals surface area contributed by atoms with E-state index in [0.29, 0.717) is 6.04 Å². The first-order chi connectivity index (χ1) is 10.3. The molecular weight excluding hydrogens is 256 g/mol. The van der Waals surface area contributed by atoms with Crippen molar-refractivity contribution >= 4 is 5.69 Å². The third-order valence-corrected chi connectivity index (χ3v) is 4.45. The molecule has 2 heteroatoms. The fraction of sp³-hybridized carbons (Fsp3) is 0.368. The van der Waals surface area contributed by atoms with Crippen LogP contribution < -0.4 is 10.2 Å². The van der Waals surface area contributed by atoms with E-state index in [-0.39, 0.29) is 0 Å². The Morgan fingerprint density at radius 3 is 2.57 bits per heavy atom. The first-order valence-electron chi connectivity index (χ1n) is 7.85. The second-order valence-electron chi connectivity index (χ2n) is 5.93. The van der Waals surface area contributed by atoms with Crippen LogP contribution in [0.1, 0.15) is 23.6 Å². The fourth-order valence-corrected chi connectivity index (χ4v) is 3.27. The van der Waals surface area contributed by atoms with Crippen molar-refractivity contribution < 1.29 is 0 Å². The third-order valence-electron chi connectivity index (χ3n) is 4.45. The van der Waals surface area contributed by atoms with E-state index in [9.17, 15) is 0 Å². The lowest BCUT2D eigenvalue weighted by Crippen LogP contribution is -2.29. The molecule has 0 saturated carbocycles. The number of hydrogen-bond acceptors (Lipinski definition) is 2. The predicted molar refractivity (Wildman–Crippen MR) is 89.9 cm³/mol. The largest absolute Gasteiger partial charge is 0.364 e. The highest BCUT2D eigenvalue weighted by Crippen LogP contribution is 2.33. The number of rotatable bonds is 5. The molecule has 0 bridgehead atoms. The van der Waals surface area contributed by atoms with Crippen molar-refractivity contribution in [3.05, 3.63) is 65.2 Å². The van der Waals surface area contributed by atoms with E-state index in [1.807, 2.05) is 7.05 Å². The minimum atomic E-state index is 0.583. The maximum Gasteiger partial charge on any atom is 0.0435 e. The molecule has 0 spiro atoms. The quantitative estimate of drug-likeness (QED) is 0.903.